The van der Waals surface area contributed by atoms with E-state index in [1.54, 1.807) is 13.3 Å². The van der Waals surface area contributed by atoms with Crippen molar-refractivity contribution in [3.63, 3.8) is 0 Å². The summed E-state index contributed by atoms with van der Waals surface area (Å²) >= 11 is 0. The average molecular weight is 407 g/mol. The fourth-order valence-corrected chi connectivity index (χ4v) is 3.41. The SMILES string of the molecule is COc1cc(Nc2nccc(-c3ccccc3OC3CCOCC3)n2)ccc1CO. The summed E-state index contributed by atoms with van der Waals surface area (Å²) in [5.74, 6) is 1.88. The second kappa shape index (κ2) is 9.56. The van der Waals surface area contributed by atoms with Gasteiger partial charge in [-0.2, -0.15) is 0 Å². The lowest BCUT2D eigenvalue weighted by atomic mass is 10.1. The third-order valence-corrected chi connectivity index (χ3v) is 4.99. The zero-order valence-electron chi connectivity index (χ0n) is 16.9. The van der Waals surface area contributed by atoms with Gasteiger partial charge in [-0.1, -0.05) is 18.2 Å². The molecule has 2 heterocycles. The van der Waals surface area contributed by atoms with Gasteiger partial charge in [-0.05, 0) is 24.3 Å². The zero-order valence-corrected chi connectivity index (χ0v) is 16.9. The number of anilines is 2. The van der Waals surface area contributed by atoms with E-state index in [0.29, 0.717) is 11.7 Å². The highest BCUT2D eigenvalue weighted by Crippen LogP contribution is 2.31. The summed E-state index contributed by atoms with van der Waals surface area (Å²) in [4.78, 5) is 9.01. The Balaban J connectivity index is 1.57. The maximum atomic E-state index is 9.39. The van der Waals surface area contributed by atoms with Crippen molar-refractivity contribution < 1.29 is 19.3 Å². The fourth-order valence-electron chi connectivity index (χ4n) is 3.41. The standard InChI is InChI=1S/C23H25N3O4/c1-28-22-14-17(7-6-16(22)15-27)25-23-24-11-8-20(26-23)19-4-2-3-5-21(19)30-18-9-12-29-13-10-18/h2-8,11,14,18,27H,9-10,12-13,15H2,1H3,(H,24,25,26). The first kappa shape index (κ1) is 20.1. The van der Waals surface area contributed by atoms with Crippen LogP contribution >= 0.6 is 0 Å². The van der Waals surface area contributed by atoms with Gasteiger partial charge in [0, 0.05) is 41.9 Å². The lowest BCUT2D eigenvalue weighted by Gasteiger charge is -2.24. The summed E-state index contributed by atoms with van der Waals surface area (Å²) in [6.45, 7) is 1.37. The van der Waals surface area contributed by atoms with Crippen molar-refractivity contribution in [2.45, 2.75) is 25.6 Å². The number of methoxy groups -OCH3 is 1. The van der Waals surface area contributed by atoms with Crippen molar-refractivity contribution >= 4 is 11.6 Å². The van der Waals surface area contributed by atoms with Crippen molar-refractivity contribution in [3.8, 4) is 22.8 Å². The number of benzene rings is 2. The number of para-hydroxylation sites is 1. The average Bonchev–Trinajstić information content (AvgIpc) is 2.80. The monoisotopic (exact) mass is 407 g/mol. The van der Waals surface area contributed by atoms with Gasteiger partial charge in [0.2, 0.25) is 5.95 Å². The van der Waals surface area contributed by atoms with Gasteiger partial charge in [-0.3, -0.25) is 0 Å². The van der Waals surface area contributed by atoms with Crippen molar-refractivity contribution in [3.05, 3.63) is 60.3 Å². The van der Waals surface area contributed by atoms with Gasteiger partial charge in [0.05, 0.1) is 32.6 Å². The molecule has 1 aliphatic heterocycles. The molecule has 0 spiro atoms. The minimum atomic E-state index is -0.0840. The molecule has 0 saturated carbocycles. The molecule has 3 aromatic rings. The number of nitrogens with zero attached hydrogens (tertiary/aromatic N) is 2. The molecule has 30 heavy (non-hydrogen) atoms. The number of ether oxygens (including phenoxy) is 3. The van der Waals surface area contributed by atoms with Crippen molar-refractivity contribution in [1.29, 1.82) is 0 Å². The first-order valence-electron chi connectivity index (χ1n) is 9.98. The fraction of sp³-hybridized carbons (Fsp3) is 0.304. The Kier molecular flexibility index (Phi) is 6.41. The molecule has 1 saturated heterocycles. The number of nitrogens with one attached hydrogen (secondary N) is 1. The topological polar surface area (TPSA) is 85.7 Å². The van der Waals surface area contributed by atoms with Crippen LogP contribution in [0.2, 0.25) is 0 Å². The summed E-state index contributed by atoms with van der Waals surface area (Å²) < 4.78 is 17.0. The molecule has 0 aliphatic carbocycles. The summed E-state index contributed by atoms with van der Waals surface area (Å²) in [6.07, 6.45) is 3.64. The predicted molar refractivity (Wildman–Crippen MR) is 114 cm³/mol. The summed E-state index contributed by atoms with van der Waals surface area (Å²) in [5, 5.41) is 12.6. The number of aliphatic hydroxyl groups excluding tert-OH is 1. The predicted octanol–water partition coefficient (Wildman–Crippen LogP) is 3.95. The first-order chi connectivity index (χ1) is 14.8. The highest BCUT2D eigenvalue weighted by molar-refractivity contribution is 5.68. The third kappa shape index (κ3) is 4.69. The molecule has 1 aromatic heterocycles. The molecule has 7 heteroatoms. The van der Waals surface area contributed by atoms with Crippen LogP contribution in [0.15, 0.2) is 54.7 Å². The van der Waals surface area contributed by atoms with Crippen LogP contribution in [0, 0.1) is 0 Å². The summed E-state index contributed by atoms with van der Waals surface area (Å²) in [5.41, 5.74) is 3.18. The number of hydrogen-bond donors (Lipinski definition) is 2. The maximum absolute atomic E-state index is 9.39. The van der Waals surface area contributed by atoms with Crippen LogP contribution in [-0.4, -0.2) is 41.5 Å². The molecule has 156 valence electrons. The van der Waals surface area contributed by atoms with E-state index in [-0.39, 0.29) is 12.7 Å². The molecule has 0 unspecified atom stereocenters. The van der Waals surface area contributed by atoms with E-state index in [1.165, 1.54) is 0 Å². The van der Waals surface area contributed by atoms with Crippen molar-refractivity contribution in [2.75, 3.05) is 25.6 Å². The van der Waals surface area contributed by atoms with Gasteiger partial charge < -0.3 is 24.6 Å². The van der Waals surface area contributed by atoms with Crippen LogP contribution in [-0.2, 0) is 11.3 Å². The lowest BCUT2D eigenvalue weighted by molar-refractivity contribution is 0.0258. The Morgan fingerprint density at radius 2 is 1.93 bits per heavy atom. The quantitative estimate of drug-likeness (QED) is 0.613. The maximum Gasteiger partial charge on any atom is 0.227 e. The second-order valence-corrected chi connectivity index (χ2v) is 7.00. The second-order valence-electron chi connectivity index (χ2n) is 7.00. The number of rotatable bonds is 7. The number of aromatic nitrogens is 2. The minimum absolute atomic E-state index is 0.0840. The van der Waals surface area contributed by atoms with E-state index >= 15 is 0 Å². The zero-order chi connectivity index (χ0) is 20.8. The molecular weight excluding hydrogens is 382 g/mol. The molecule has 1 aliphatic rings. The third-order valence-electron chi connectivity index (χ3n) is 4.99. The molecule has 1 fully saturated rings. The Hall–Kier alpha value is -3.16. The van der Waals surface area contributed by atoms with Crippen LogP contribution < -0.4 is 14.8 Å². The number of hydrogen-bond acceptors (Lipinski definition) is 7. The van der Waals surface area contributed by atoms with Crippen LogP contribution in [0.25, 0.3) is 11.3 Å². The van der Waals surface area contributed by atoms with Crippen LogP contribution in [0.4, 0.5) is 11.6 Å². The van der Waals surface area contributed by atoms with Gasteiger partial charge in [0.25, 0.3) is 0 Å². The van der Waals surface area contributed by atoms with Gasteiger partial charge in [0.1, 0.15) is 17.6 Å². The van der Waals surface area contributed by atoms with E-state index in [9.17, 15) is 5.11 Å². The van der Waals surface area contributed by atoms with Gasteiger partial charge in [-0.15, -0.1) is 0 Å². The lowest BCUT2D eigenvalue weighted by Crippen LogP contribution is -2.26. The molecule has 0 radical (unpaired) electrons. The Labute approximate surface area is 175 Å². The summed E-state index contributed by atoms with van der Waals surface area (Å²) in [6, 6.07) is 15.2. The summed E-state index contributed by atoms with van der Waals surface area (Å²) in [7, 11) is 1.57. The highest BCUT2D eigenvalue weighted by Gasteiger charge is 2.18. The van der Waals surface area contributed by atoms with Crippen molar-refractivity contribution in [2.24, 2.45) is 0 Å². The molecule has 7 nitrogen and oxygen atoms in total. The van der Waals surface area contributed by atoms with Crippen molar-refractivity contribution in [1.82, 2.24) is 9.97 Å². The molecule has 0 amide bonds. The largest absolute Gasteiger partial charge is 0.496 e. The van der Waals surface area contributed by atoms with E-state index < -0.39 is 0 Å². The number of aliphatic hydroxyl groups is 1. The van der Waals surface area contributed by atoms with Crippen LogP contribution in [0.5, 0.6) is 11.5 Å². The molecule has 4 rings (SSSR count). The molecular formula is C23H25N3O4. The smallest absolute Gasteiger partial charge is 0.227 e. The molecule has 2 N–H and O–H groups in total. The van der Waals surface area contributed by atoms with E-state index in [2.05, 4.69) is 15.3 Å². The first-order valence-corrected chi connectivity index (χ1v) is 9.98. The van der Waals surface area contributed by atoms with Gasteiger partial charge in [-0.25, -0.2) is 9.97 Å². The van der Waals surface area contributed by atoms with Gasteiger partial charge >= 0.3 is 0 Å². The minimum Gasteiger partial charge on any atom is -0.496 e. The Bertz CT molecular complexity index is 990. The Morgan fingerprint density at radius 3 is 2.73 bits per heavy atom. The normalized spacial score (nSPS) is 14.3. The Morgan fingerprint density at radius 1 is 1.10 bits per heavy atom. The highest BCUT2D eigenvalue weighted by atomic mass is 16.5. The van der Waals surface area contributed by atoms with Crippen LogP contribution in [0.1, 0.15) is 18.4 Å². The van der Waals surface area contributed by atoms with Gasteiger partial charge in [0.15, 0.2) is 0 Å². The van der Waals surface area contributed by atoms with E-state index in [1.807, 2.05) is 48.5 Å². The molecule has 0 atom stereocenters. The van der Waals surface area contributed by atoms with Crippen LogP contribution in [0.3, 0.4) is 0 Å². The van der Waals surface area contributed by atoms with E-state index in [0.717, 1.165) is 54.3 Å². The van der Waals surface area contributed by atoms with E-state index in [4.69, 9.17) is 14.2 Å². The molecule has 2 aromatic carbocycles. The molecule has 0 bridgehead atoms.